The number of aromatic nitrogens is 3. The molecule has 0 spiro atoms. The Morgan fingerprint density at radius 2 is 2.00 bits per heavy atom. The van der Waals surface area contributed by atoms with E-state index in [0.29, 0.717) is 12.0 Å². The first-order chi connectivity index (χ1) is 6.77. The Hall–Kier alpha value is -0.860. The van der Waals surface area contributed by atoms with Crippen molar-refractivity contribution in [2.45, 2.75) is 57.9 Å². The number of hydrogen-bond donors (Lipinski definition) is 0. The van der Waals surface area contributed by atoms with Crippen LogP contribution in [-0.2, 0) is 0 Å². The van der Waals surface area contributed by atoms with Gasteiger partial charge in [-0.15, -0.1) is 5.10 Å². The molecule has 0 aliphatic heterocycles. The molecule has 1 saturated carbocycles. The molecule has 1 aliphatic carbocycles. The fraction of sp³-hybridized carbons (Fsp3) is 0.818. The summed E-state index contributed by atoms with van der Waals surface area (Å²) in [6.45, 7) is 4.32. The Morgan fingerprint density at radius 3 is 2.57 bits per heavy atom. The Labute approximate surface area is 85.5 Å². The highest BCUT2D eigenvalue weighted by molar-refractivity contribution is 4.99. The van der Waals surface area contributed by atoms with E-state index in [1.807, 2.05) is 0 Å². The molecule has 0 saturated heterocycles. The molecule has 1 heterocycles. The molecule has 0 unspecified atom stereocenters. The zero-order chi connectivity index (χ0) is 9.97. The van der Waals surface area contributed by atoms with Crippen LogP contribution >= 0.6 is 0 Å². The lowest BCUT2D eigenvalue weighted by Crippen LogP contribution is -2.13. The molecule has 78 valence electrons. The van der Waals surface area contributed by atoms with Gasteiger partial charge in [-0.2, -0.15) is 0 Å². The van der Waals surface area contributed by atoms with Crippen LogP contribution in [0.1, 0.15) is 63.6 Å². The molecule has 3 nitrogen and oxygen atoms in total. The largest absolute Gasteiger partial charge is 0.249 e. The smallest absolute Gasteiger partial charge is 0.0852 e. The fourth-order valence-electron chi connectivity index (χ4n) is 2.08. The van der Waals surface area contributed by atoms with E-state index < -0.39 is 0 Å². The lowest BCUT2D eigenvalue weighted by molar-refractivity contribution is 0.324. The number of hydrogen-bond acceptors (Lipinski definition) is 2. The maximum atomic E-state index is 4.23. The summed E-state index contributed by atoms with van der Waals surface area (Å²) in [4.78, 5) is 0. The van der Waals surface area contributed by atoms with Gasteiger partial charge in [0.05, 0.1) is 11.7 Å². The summed E-state index contributed by atoms with van der Waals surface area (Å²) in [6, 6.07) is 0.615. The maximum absolute atomic E-state index is 4.23. The molecule has 2 rings (SSSR count). The van der Waals surface area contributed by atoms with Crippen LogP contribution in [0, 0.1) is 0 Å². The third-order valence-corrected chi connectivity index (χ3v) is 3.07. The molecule has 1 aromatic rings. The van der Waals surface area contributed by atoms with Crippen LogP contribution in [0.4, 0.5) is 0 Å². The van der Waals surface area contributed by atoms with Gasteiger partial charge in [-0.3, -0.25) is 0 Å². The van der Waals surface area contributed by atoms with Gasteiger partial charge in [0.25, 0.3) is 0 Å². The number of rotatable bonds is 2. The summed E-state index contributed by atoms with van der Waals surface area (Å²) in [7, 11) is 0. The minimum Gasteiger partial charge on any atom is -0.249 e. The topological polar surface area (TPSA) is 30.7 Å². The Morgan fingerprint density at radius 1 is 1.29 bits per heavy atom. The van der Waals surface area contributed by atoms with Crippen molar-refractivity contribution in [1.82, 2.24) is 15.0 Å². The molecule has 0 N–H and O–H groups in total. The average Bonchev–Trinajstić information content (AvgIpc) is 2.68. The summed E-state index contributed by atoms with van der Waals surface area (Å²) in [6.07, 6.45) is 8.77. The predicted molar refractivity (Wildman–Crippen MR) is 56.2 cm³/mol. The molecule has 3 heteroatoms. The van der Waals surface area contributed by atoms with Gasteiger partial charge in [-0.1, -0.05) is 38.3 Å². The Balaban J connectivity index is 2.07. The first kappa shape index (κ1) is 9.69. The molecule has 0 radical (unpaired) electrons. The van der Waals surface area contributed by atoms with Crippen LogP contribution in [0.2, 0.25) is 0 Å². The fourth-order valence-corrected chi connectivity index (χ4v) is 2.08. The van der Waals surface area contributed by atoms with Crippen molar-refractivity contribution >= 4 is 0 Å². The summed E-state index contributed by atoms with van der Waals surface area (Å²) in [5.74, 6) is 0.493. The van der Waals surface area contributed by atoms with E-state index in [2.05, 4.69) is 35.0 Å². The molecular weight excluding hydrogens is 174 g/mol. The van der Waals surface area contributed by atoms with Crippen molar-refractivity contribution in [2.24, 2.45) is 0 Å². The van der Waals surface area contributed by atoms with Gasteiger partial charge >= 0.3 is 0 Å². The van der Waals surface area contributed by atoms with Gasteiger partial charge in [0.2, 0.25) is 0 Å². The molecule has 0 atom stereocenters. The quantitative estimate of drug-likeness (QED) is 0.723. The van der Waals surface area contributed by atoms with Crippen LogP contribution in [-0.4, -0.2) is 15.0 Å². The molecule has 1 aliphatic rings. The molecule has 0 aromatic carbocycles. The summed E-state index contributed by atoms with van der Waals surface area (Å²) >= 11 is 0. The molecule has 1 fully saturated rings. The van der Waals surface area contributed by atoms with Gasteiger partial charge < -0.3 is 0 Å². The zero-order valence-corrected chi connectivity index (χ0v) is 9.11. The molecule has 1 aromatic heterocycles. The van der Waals surface area contributed by atoms with Crippen molar-refractivity contribution in [2.75, 3.05) is 0 Å². The van der Waals surface area contributed by atoms with Gasteiger partial charge in [-0.25, -0.2) is 4.68 Å². The lowest BCUT2D eigenvalue weighted by Gasteiger charge is -2.20. The van der Waals surface area contributed by atoms with E-state index in [0.717, 1.165) is 5.69 Å². The molecule has 0 amide bonds. The first-order valence-electron chi connectivity index (χ1n) is 5.69. The van der Waals surface area contributed by atoms with Crippen LogP contribution in [0.5, 0.6) is 0 Å². The van der Waals surface area contributed by atoms with E-state index in [1.54, 1.807) is 0 Å². The second-order valence-corrected chi connectivity index (χ2v) is 4.57. The highest BCUT2D eigenvalue weighted by atomic mass is 15.4. The summed E-state index contributed by atoms with van der Waals surface area (Å²) in [5, 5.41) is 8.43. The summed E-state index contributed by atoms with van der Waals surface area (Å²) < 4.78 is 2.08. The third-order valence-electron chi connectivity index (χ3n) is 3.07. The second-order valence-electron chi connectivity index (χ2n) is 4.57. The first-order valence-corrected chi connectivity index (χ1v) is 5.69. The highest BCUT2D eigenvalue weighted by Gasteiger charge is 2.17. The van der Waals surface area contributed by atoms with Gasteiger partial charge in [0.15, 0.2) is 0 Å². The van der Waals surface area contributed by atoms with Crippen LogP contribution in [0.25, 0.3) is 0 Å². The molecule has 14 heavy (non-hydrogen) atoms. The van der Waals surface area contributed by atoms with Crippen LogP contribution in [0.3, 0.4) is 0 Å². The van der Waals surface area contributed by atoms with Gasteiger partial charge in [0, 0.05) is 6.20 Å². The molecular formula is C11H19N3. The van der Waals surface area contributed by atoms with Crippen molar-refractivity contribution in [1.29, 1.82) is 0 Å². The highest BCUT2D eigenvalue weighted by Crippen LogP contribution is 2.27. The minimum atomic E-state index is 0.493. The second kappa shape index (κ2) is 4.11. The van der Waals surface area contributed by atoms with Crippen molar-refractivity contribution in [3.8, 4) is 0 Å². The Kier molecular flexibility index (Phi) is 2.85. The SMILES string of the molecule is CC(C)c1cn(C2CCCCC2)nn1. The monoisotopic (exact) mass is 193 g/mol. The predicted octanol–water partition coefficient (Wildman–Crippen LogP) is 2.91. The van der Waals surface area contributed by atoms with Crippen molar-refractivity contribution < 1.29 is 0 Å². The van der Waals surface area contributed by atoms with Crippen molar-refractivity contribution in [3.05, 3.63) is 11.9 Å². The van der Waals surface area contributed by atoms with E-state index in [9.17, 15) is 0 Å². The minimum absolute atomic E-state index is 0.493. The van der Waals surface area contributed by atoms with Crippen LogP contribution in [0.15, 0.2) is 6.20 Å². The van der Waals surface area contributed by atoms with Gasteiger partial charge in [-0.05, 0) is 18.8 Å². The van der Waals surface area contributed by atoms with E-state index >= 15 is 0 Å². The Bertz CT molecular complexity index is 284. The van der Waals surface area contributed by atoms with E-state index in [1.165, 1.54) is 32.1 Å². The van der Waals surface area contributed by atoms with E-state index in [-0.39, 0.29) is 0 Å². The normalized spacial score (nSPS) is 19.1. The summed E-state index contributed by atoms with van der Waals surface area (Å²) in [5.41, 5.74) is 1.12. The zero-order valence-electron chi connectivity index (χ0n) is 9.11. The third kappa shape index (κ3) is 1.97. The lowest BCUT2D eigenvalue weighted by atomic mass is 9.96. The standard InChI is InChI=1S/C11H19N3/c1-9(2)11-8-14(13-12-11)10-6-4-3-5-7-10/h8-10H,3-7H2,1-2H3. The molecule has 0 bridgehead atoms. The van der Waals surface area contributed by atoms with Crippen LogP contribution < -0.4 is 0 Å². The van der Waals surface area contributed by atoms with E-state index in [4.69, 9.17) is 0 Å². The number of nitrogens with zero attached hydrogens (tertiary/aromatic N) is 3. The maximum Gasteiger partial charge on any atom is 0.0852 e. The average molecular weight is 193 g/mol. The van der Waals surface area contributed by atoms with Gasteiger partial charge in [0.1, 0.15) is 0 Å². The van der Waals surface area contributed by atoms with Crippen molar-refractivity contribution in [3.63, 3.8) is 0 Å².